The van der Waals surface area contributed by atoms with E-state index in [4.69, 9.17) is 23.2 Å². The lowest BCUT2D eigenvalue weighted by atomic mass is 9.99. The van der Waals surface area contributed by atoms with Gasteiger partial charge >= 0.3 is 5.97 Å². The quantitative estimate of drug-likeness (QED) is 0.683. The molecule has 132 valence electrons. The minimum absolute atomic E-state index is 0.0901. The fourth-order valence-electron chi connectivity index (χ4n) is 1.98. The van der Waals surface area contributed by atoms with Gasteiger partial charge in [0.1, 0.15) is 12.1 Å². The van der Waals surface area contributed by atoms with E-state index in [0.717, 1.165) is 0 Å². The summed E-state index contributed by atoms with van der Waals surface area (Å²) in [5.41, 5.74) is 0.139. The molecule has 1 rings (SSSR count). The lowest BCUT2D eigenvalue weighted by Gasteiger charge is -2.22. The molecule has 0 heterocycles. The van der Waals surface area contributed by atoms with Gasteiger partial charge in [0, 0.05) is 0 Å². The molecule has 3 atom stereocenters. The van der Waals surface area contributed by atoms with Gasteiger partial charge < -0.3 is 15.7 Å². The Balaban J connectivity index is 2.77. The van der Waals surface area contributed by atoms with Gasteiger partial charge in [-0.1, -0.05) is 49.5 Å². The van der Waals surface area contributed by atoms with E-state index in [1.165, 1.54) is 13.0 Å². The Morgan fingerprint density at radius 1 is 1.17 bits per heavy atom. The van der Waals surface area contributed by atoms with E-state index in [0.29, 0.717) is 6.42 Å². The molecule has 0 radical (unpaired) electrons. The van der Waals surface area contributed by atoms with Crippen molar-refractivity contribution in [1.29, 1.82) is 0 Å². The largest absolute Gasteiger partial charge is 0.480 e. The van der Waals surface area contributed by atoms with Crippen molar-refractivity contribution in [3.8, 4) is 0 Å². The van der Waals surface area contributed by atoms with Gasteiger partial charge in [0.2, 0.25) is 5.91 Å². The van der Waals surface area contributed by atoms with Crippen molar-refractivity contribution in [2.24, 2.45) is 5.92 Å². The zero-order chi connectivity index (χ0) is 18.4. The molecule has 0 aliphatic rings. The summed E-state index contributed by atoms with van der Waals surface area (Å²) in [6, 6.07) is 2.64. The number of carbonyl (C=O) groups is 3. The van der Waals surface area contributed by atoms with Gasteiger partial charge in [-0.05, 0) is 25.0 Å². The molecule has 0 aliphatic heterocycles. The van der Waals surface area contributed by atoms with E-state index < -0.39 is 29.9 Å². The van der Waals surface area contributed by atoms with Crippen molar-refractivity contribution >= 4 is 41.0 Å². The van der Waals surface area contributed by atoms with Gasteiger partial charge in [-0.2, -0.15) is 0 Å². The number of amides is 2. The molecule has 24 heavy (non-hydrogen) atoms. The van der Waals surface area contributed by atoms with Crippen LogP contribution in [0.3, 0.4) is 0 Å². The van der Waals surface area contributed by atoms with Crippen LogP contribution in [0.2, 0.25) is 10.0 Å². The molecule has 1 aromatic rings. The second-order valence-electron chi connectivity index (χ2n) is 5.51. The van der Waals surface area contributed by atoms with Crippen LogP contribution in [0.1, 0.15) is 37.6 Å². The highest BCUT2D eigenvalue weighted by atomic mass is 35.5. The maximum atomic E-state index is 12.2. The van der Waals surface area contributed by atoms with Gasteiger partial charge in [0.25, 0.3) is 5.91 Å². The Labute approximate surface area is 150 Å². The molecule has 0 saturated heterocycles. The van der Waals surface area contributed by atoms with Crippen LogP contribution in [0, 0.1) is 5.92 Å². The average Bonchev–Trinajstić information content (AvgIpc) is 2.53. The Kier molecular flexibility index (Phi) is 7.51. The molecule has 1 aromatic carbocycles. The molecule has 0 aliphatic carbocycles. The van der Waals surface area contributed by atoms with Crippen LogP contribution in [-0.2, 0) is 9.59 Å². The van der Waals surface area contributed by atoms with E-state index >= 15 is 0 Å². The molecular weight excluding hydrogens is 355 g/mol. The van der Waals surface area contributed by atoms with Crippen LogP contribution in [-0.4, -0.2) is 35.0 Å². The normalized spacial score (nSPS) is 14.4. The Morgan fingerprint density at radius 3 is 2.33 bits per heavy atom. The van der Waals surface area contributed by atoms with Crippen LogP contribution >= 0.6 is 23.2 Å². The van der Waals surface area contributed by atoms with E-state index in [1.807, 2.05) is 6.92 Å². The lowest BCUT2D eigenvalue weighted by molar-refractivity contribution is -0.143. The van der Waals surface area contributed by atoms with E-state index in [2.05, 4.69) is 10.6 Å². The third-order valence-corrected chi connectivity index (χ3v) is 4.53. The zero-order valence-electron chi connectivity index (χ0n) is 13.6. The molecule has 8 heteroatoms. The molecule has 1 unspecified atom stereocenters. The first-order valence-corrected chi connectivity index (χ1v) is 8.22. The number of hydrogen-bond acceptors (Lipinski definition) is 3. The molecule has 0 spiro atoms. The number of aliphatic carboxylic acids is 1. The summed E-state index contributed by atoms with van der Waals surface area (Å²) in [5.74, 6) is -2.51. The van der Waals surface area contributed by atoms with Crippen LogP contribution in [0.15, 0.2) is 18.2 Å². The standard InChI is InChI=1S/C16H20Cl2N2O4/c1-4-8(2)13(16(23)24)20-14(21)9(3)19-15(22)10-6-5-7-11(17)12(10)18/h5-9,13H,4H2,1-3H3,(H,19,22)(H,20,21)(H,23,24)/t8-,9?,13-/m0/s1. The second-order valence-corrected chi connectivity index (χ2v) is 6.29. The molecule has 0 saturated carbocycles. The summed E-state index contributed by atoms with van der Waals surface area (Å²) in [6.07, 6.45) is 0.593. The van der Waals surface area contributed by atoms with Crippen molar-refractivity contribution in [3.63, 3.8) is 0 Å². The number of halogens is 2. The Bertz CT molecular complexity index is 637. The van der Waals surface area contributed by atoms with Crippen LogP contribution in [0.4, 0.5) is 0 Å². The topological polar surface area (TPSA) is 95.5 Å². The van der Waals surface area contributed by atoms with E-state index in [-0.39, 0.29) is 21.5 Å². The minimum Gasteiger partial charge on any atom is -0.480 e. The highest BCUT2D eigenvalue weighted by Gasteiger charge is 2.28. The summed E-state index contributed by atoms with van der Waals surface area (Å²) in [7, 11) is 0. The average molecular weight is 375 g/mol. The van der Waals surface area contributed by atoms with E-state index in [9.17, 15) is 19.5 Å². The number of rotatable bonds is 7. The predicted molar refractivity (Wildman–Crippen MR) is 92.4 cm³/mol. The van der Waals surface area contributed by atoms with Crippen molar-refractivity contribution in [1.82, 2.24) is 10.6 Å². The van der Waals surface area contributed by atoms with Crippen molar-refractivity contribution in [3.05, 3.63) is 33.8 Å². The second kappa shape index (κ2) is 8.89. The Morgan fingerprint density at radius 2 is 1.79 bits per heavy atom. The van der Waals surface area contributed by atoms with Crippen LogP contribution < -0.4 is 10.6 Å². The highest BCUT2D eigenvalue weighted by Crippen LogP contribution is 2.25. The maximum absolute atomic E-state index is 12.2. The highest BCUT2D eigenvalue weighted by molar-refractivity contribution is 6.43. The van der Waals surface area contributed by atoms with Gasteiger partial charge in [-0.15, -0.1) is 0 Å². The number of hydrogen-bond donors (Lipinski definition) is 3. The Hall–Kier alpha value is -1.79. The molecule has 2 amide bonds. The summed E-state index contributed by atoms with van der Waals surface area (Å²) in [4.78, 5) is 35.6. The van der Waals surface area contributed by atoms with Gasteiger partial charge in [0.05, 0.1) is 15.6 Å². The predicted octanol–water partition coefficient (Wildman–Crippen LogP) is 2.73. The fraction of sp³-hybridized carbons (Fsp3) is 0.438. The number of carboxylic acid groups (broad SMARTS) is 1. The van der Waals surface area contributed by atoms with Gasteiger partial charge in [0.15, 0.2) is 0 Å². The minimum atomic E-state index is -1.12. The first-order chi connectivity index (χ1) is 11.2. The lowest BCUT2D eigenvalue weighted by Crippen LogP contribution is -2.52. The van der Waals surface area contributed by atoms with Gasteiger partial charge in [-0.25, -0.2) is 4.79 Å². The van der Waals surface area contributed by atoms with Crippen molar-refractivity contribution in [2.45, 2.75) is 39.3 Å². The molecule has 3 N–H and O–H groups in total. The van der Waals surface area contributed by atoms with Gasteiger partial charge in [-0.3, -0.25) is 9.59 Å². The fourth-order valence-corrected chi connectivity index (χ4v) is 2.37. The van der Waals surface area contributed by atoms with Crippen LogP contribution in [0.25, 0.3) is 0 Å². The summed E-state index contributed by atoms with van der Waals surface area (Å²) < 4.78 is 0. The molecule has 6 nitrogen and oxygen atoms in total. The number of carbonyl (C=O) groups excluding carboxylic acids is 2. The summed E-state index contributed by atoms with van der Waals surface area (Å²) >= 11 is 11.8. The van der Waals surface area contributed by atoms with Crippen molar-refractivity contribution in [2.75, 3.05) is 0 Å². The smallest absolute Gasteiger partial charge is 0.326 e. The third-order valence-electron chi connectivity index (χ3n) is 3.71. The SMILES string of the molecule is CC[C@H](C)[C@H](NC(=O)C(C)NC(=O)c1cccc(Cl)c1Cl)C(=O)O. The van der Waals surface area contributed by atoms with E-state index in [1.54, 1.807) is 19.1 Å². The monoisotopic (exact) mass is 374 g/mol. The molecule has 0 bridgehead atoms. The number of carboxylic acids is 1. The molecular formula is C16H20Cl2N2O4. The summed E-state index contributed by atoms with van der Waals surface area (Å²) in [5, 5.41) is 14.4. The first kappa shape index (κ1) is 20.3. The van der Waals surface area contributed by atoms with Crippen LogP contribution in [0.5, 0.6) is 0 Å². The number of nitrogens with one attached hydrogen (secondary N) is 2. The zero-order valence-corrected chi connectivity index (χ0v) is 15.1. The third kappa shape index (κ3) is 5.11. The number of benzene rings is 1. The molecule has 0 aromatic heterocycles. The summed E-state index contributed by atoms with van der Waals surface area (Å²) in [6.45, 7) is 5.02. The van der Waals surface area contributed by atoms with Crippen molar-refractivity contribution < 1.29 is 19.5 Å². The molecule has 0 fully saturated rings. The first-order valence-electron chi connectivity index (χ1n) is 7.47. The maximum Gasteiger partial charge on any atom is 0.326 e.